The van der Waals surface area contributed by atoms with Gasteiger partial charge >= 0.3 is 0 Å². The van der Waals surface area contributed by atoms with Crippen LogP contribution in [0.2, 0.25) is 0 Å². The molecular weight excluding hydrogens is 234 g/mol. The lowest BCUT2D eigenvalue weighted by Gasteiger charge is -2.28. The van der Waals surface area contributed by atoms with Crippen LogP contribution in [-0.4, -0.2) is 23.5 Å². The molecule has 1 amide bonds. The Kier molecular flexibility index (Phi) is 3.79. The van der Waals surface area contributed by atoms with Crippen LogP contribution < -0.4 is 10.6 Å². The van der Waals surface area contributed by atoms with E-state index < -0.39 is 0 Å². The minimum absolute atomic E-state index is 0.0472. The number of hydrogen-bond acceptors (Lipinski definition) is 4. The van der Waals surface area contributed by atoms with Crippen molar-refractivity contribution in [2.75, 3.05) is 11.9 Å². The molecular formula is C12H19N3OS. The summed E-state index contributed by atoms with van der Waals surface area (Å²) in [5, 5.41) is 6.90. The summed E-state index contributed by atoms with van der Waals surface area (Å²) >= 11 is 1.54. The van der Waals surface area contributed by atoms with Crippen LogP contribution in [0.25, 0.3) is 0 Å². The van der Waals surface area contributed by atoms with E-state index in [1.807, 2.05) is 13.8 Å². The Morgan fingerprint density at radius 2 is 2.29 bits per heavy atom. The second kappa shape index (κ2) is 5.14. The molecule has 1 aliphatic rings. The van der Waals surface area contributed by atoms with Crippen molar-refractivity contribution in [2.45, 2.75) is 39.7 Å². The molecule has 0 aliphatic carbocycles. The number of carbonyl (C=O) groups is 1. The second-order valence-electron chi connectivity index (χ2n) is 4.70. The number of nitrogens with one attached hydrogen (secondary N) is 2. The second-order valence-corrected chi connectivity index (χ2v) is 5.90. The average molecular weight is 253 g/mol. The lowest BCUT2D eigenvalue weighted by atomic mass is 9.92. The molecule has 94 valence electrons. The van der Waals surface area contributed by atoms with Gasteiger partial charge in [-0.3, -0.25) is 4.79 Å². The van der Waals surface area contributed by atoms with E-state index in [1.54, 1.807) is 0 Å². The lowest BCUT2D eigenvalue weighted by Crippen LogP contribution is -2.48. The van der Waals surface area contributed by atoms with E-state index in [2.05, 4.69) is 22.5 Å². The summed E-state index contributed by atoms with van der Waals surface area (Å²) in [6, 6.07) is -0.0757. The van der Waals surface area contributed by atoms with Crippen molar-refractivity contribution in [1.29, 1.82) is 0 Å². The van der Waals surface area contributed by atoms with Gasteiger partial charge in [-0.1, -0.05) is 6.92 Å². The fourth-order valence-electron chi connectivity index (χ4n) is 2.11. The van der Waals surface area contributed by atoms with Crippen molar-refractivity contribution in [3.05, 3.63) is 10.6 Å². The highest BCUT2D eigenvalue weighted by molar-refractivity contribution is 7.15. The van der Waals surface area contributed by atoms with E-state index in [-0.39, 0.29) is 11.9 Å². The fourth-order valence-corrected chi connectivity index (χ4v) is 2.93. The SMILES string of the molecule is Cc1nc(NC(=O)C2NCCCC2C)sc1C. The largest absolute Gasteiger partial charge is 0.306 e. The number of amides is 1. The normalized spacial score (nSPS) is 24.6. The molecule has 1 saturated heterocycles. The highest BCUT2D eigenvalue weighted by Crippen LogP contribution is 2.22. The molecule has 0 radical (unpaired) electrons. The van der Waals surface area contributed by atoms with E-state index in [0.717, 1.165) is 30.0 Å². The molecule has 1 fully saturated rings. The smallest absolute Gasteiger partial charge is 0.243 e. The quantitative estimate of drug-likeness (QED) is 0.848. The van der Waals surface area contributed by atoms with Gasteiger partial charge in [0.05, 0.1) is 11.7 Å². The maximum atomic E-state index is 12.1. The standard InChI is InChI=1S/C12H19N3OS/c1-7-5-4-6-13-10(7)11(16)15-12-14-8(2)9(3)17-12/h7,10,13H,4-6H2,1-3H3,(H,14,15,16). The lowest BCUT2D eigenvalue weighted by molar-refractivity contribution is -0.119. The molecule has 17 heavy (non-hydrogen) atoms. The number of hydrogen-bond donors (Lipinski definition) is 2. The van der Waals surface area contributed by atoms with Crippen molar-refractivity contribution >= 4 is 22.4 Å². The minimum atomic E-state index is -0.0757. The van der Waals surface area contributed by atoms with Gasteiger partial charge < -0.3 is 10.6 Å². The Hall–Kier alpha value is -0.940. The molecule has 1 aromatic heterocycles. The predicted octanol–water partition coefficient (Wildman–Crippen LogP) is 2.09. The van der Waals surface area contributed by atoms with Gasteiger partial charge in [0.15, 0.2) is 5.13 Å². The summed E-state index contributed by atoms with van der Waals surface area (Å²) in [6.07, 6.45) is 2.27. The average Bonchev–Trinajstić information content (AvgIpc) is 2.58. The molecule has 2 unspecified atom stereocenters. The van der Waals surface area contributed by atoms with Crippen molar-refractivity contribution in [3.8, 4) is 0 Å². The highest BCUT2D eigenvalue weighted by Gasteiger charge is 2.27. The summed E-state index contributed by atoms with van der Waals surface area (Å²) < 4.78 is 0. The molecule has 0 spiro atoms. The monoisotopic (exact) mass is 253 g/mol. The molecule has 4 nitrogen and oxygen atoms in total. The van der Waals surface area contributed by atoms with Crippen molar-refractivity contribution in [2.24, 2.45) is 5.92 Å². The zero-order valence-corrected chi connectivity index (χ0v) is 11.4. The topological polar surface area (TPSA) is 54.0 Å². The van der Waals surface area contributed by atoms with Gasteiger partial charge in [-0.15, -0.1) is 11.3 Å². The van der Waals surface area contributed by atoms with E-state index in [9.17, 15) is 4.79 Å². The van der Waals surface area contributed by atoms with E-state index in [0.29, 0.717) is 11.0 Å². The molecule has 0 bridgehead atoms. The maximum Gasteiger partial charge on any atom is 0.243 e. The van der Waals surface area contributed by atoms with Gasteiger partial charge in [-0.2, -0.15) is 0 Å². The fraction of sp³-hybridized carbons (Fsp3) is 0.667. The zero-order valence-electron chi connectivity index (χ0n) is 10.5. The summed E-state index contributed by atoms with van der Waals surface area (Å²) in [5.41, 5.74) is 0.995. The number of thiazole rings is 1. The Labute approximate surface area is 106 Å². The van der Waals surface area contributed by atoms with Gasteiger partial charge in [0.25, 0.3) is 0 Å². The number of nitrogens with zero attached hydrogens (tertiary/aromatic N) is 1. The first-order valence-corrected chi connectivity index (χ1v) is 6.88. The summed E-state index contributed by atoms with van der Waals surface area (Å²) in [4.78, 5) is 17.6. The summed E-state index contributed by atoms with van der Waals surface area (Å²) in [7, 11) is 0. The summed E-state index contributed by atoms with van der Waals surface area (Å²) in [5.74, 6) is 0.442. The van der Waals surface area contributed by atoms with Gasteiger partial charge in [-0.25, -0.2) is 4.98 Å². The van der Waals surface area contributed by atoms with E-state index >= 15 is 0 Å². The molecule has 2 N–H and O–H groups in total. The molecule has 2 atom stereocenters. The van der Waals surface area contributed by atoms with Crippen LogP contribution in [0.3, 0.4) is 0 Å². The third kappa shape index (κ3) is 2.84. The van der Waals surface area contributed by atoms with Crippen LogP contribution in [0, 0.1) is 19.8 Å². The first-order valence-electron chi connectivity index (χ1n) is 6.06. The number of aromatic nitrogens is 1. The predicted molar refractivity (Wildman–Crippen MR) is 70.4 cm³/mol. The molecule has 5 heteroatoms. The first kappa shape index (κ1) is 12.5. The van der Waals surface area contributed by atoms with E-state index in [4.69, 9.17) is 0 Å². The third-order valence-electron chi connectivity index (χ3n) is 3.31. The third-order valence-corrected chi connectivity index (χ3v) is 4.30. The van der Waals surface area contributed by atoms with Crippen LogP contribution in [0.4, 0.5) is 5.13 Å². The van der Waals surface area contributed by atoms with Gasteiger partial charge in [0.1, 0.15) is 0 Å². The molecule has 0 aromatic carbocycles. The van der Waals surface area contributed by atoms with Crippen LogP contribution in [0.15, 0.2) is 0 Å². The highest BCUT2D eigenvalue weighted by atomic mass is 32.1. The number of aryl methyl sites for hydroxylation is 2. The van der Waals surface area contributed by atoms with Crippen LogP contribution in [0.5, 0.6) is 0 Å². The molecule has 2 rings (SSSR count). The number of rotatable bonds is 2. The molecule has 0 saturated carbocycles. The summed E-state index contributed by atoms with van der Waals surface area (Å²) in [6.45, 7) is 7.03. The number of piperidine rings is 1. The van der Waals surface area contributed by atoms with Crippen LogP contribution >= 0.6 is 11.3 Å². The van der Waals surface area contributed by atoms with Gasteiger partial charge in [0.2, 0.25) is 5.91 Å². The Balaban J connectivity index is 2.00. The Morgan fingerprint density at radius 1 is 1.53 bits per heavy atom. The molecule has 2 heterocycles. The minimum Gasteiger partial charge on any atom is -0.306 e. The Bertz CT molecular complexity index is 396. The molecule has 1 aromatic rings. The van der Waals surface area contributed by atoms with Crippen LogP contribution in [-0.2, 0) is 4.79 Å². The number of anilines is 1. The van der Waals surface area contributed by atoms with Gasteiger partial charge in [-0.05, 0) is 39.2 Å². The number of carbonyl (C=O) groups excluding carboxylic acids is 1. The van der Waals surface area contributed by atoms with Gasteiger partial charge in [0, 0.05) is 4.88 Å². The van der Waals surface area contributed by atoms with E-state index in [1.165, 1.54) is 11.3 Å². The van der Waals surface area contributed by atoms with Crippen molar-refractivity contribution in [3.63, 3.8) is 0 Å². The van der Waals surface area contributed by atoms with Crippen LogP contribution in [0.1, 0.15) is 30.3 Å². The zero-order chi connectivity index (χ0) is 12.4. The van der Waals surface area contributed by atoms with Crippen molar-refractivity contribution in [1.82, 2.24) is 10.3 Å². The first-order chi connectivity index (χ1) is 8.08. The maximum absolute atomic E-state index is 12.1. The molecule has 1 aliphatic heterocycles. The Morgan fingerprint density at radius 3 is 2.88 bits per heavy atom. The van der Waals surface area contributed by atoms with Crippen molar-refractivity contribution < 1.29 is 4.79 Å².